The van der Waals surface area contributed by atoms with Crippen molar-refractivity contribution < 1.29 is 4.79 Å². The Hall–Kier alpha value is -1.42. The van der Waals surface area contributed by atoms with Crippen LogP contribution < -0.4 is 10.6 Å². The minimum Gasteiger partial charge on any atom is -0.350 e. The van der Waals surface area contributed by atoms with Crippen molar-refractivity contribution in [3.05, 3.63) is 29.6 Å². The molecule has 2 heterocycles. The van der Waals surface area contributed by atoms with Crippen molar-refractivity contribution in [2.75, 3.05) is 13.1 Å². The van der Waals surface area contributed by atoms with Crippen molar-refractivity contribution in [2.24, 2.45) is 5.41 Å². The van der Waals surface area contributed by atoms with Gasteiger partial charge in [-0.25, -0.2) is 0 Å². The number of carbonyl (C=O) groups excluding carboxylic acids is 1. The summed E-state index contributed by atoms with van der Waals surface area (Å²) in [6, 6.07) is 5.89. The minimum atomic E-state index is -0.210. The molecule has 0 aromatic carbocycles. The molecule has 1 aliphatic rings. The predicted octanol–water partition coefficient (Wildman–Crippen LogP) is 1.79. The lowest BCUT2D eigenvalue weighted by atomic mass is 9.81. The van der Waals surface area contributed by atoms with Gasteiger partial charge >= 0.3 is 0 Å². The first-order chi connectivity index (χ1) is 9.16. The van der Waals surface area contributed by atoms with Crippen molar-refractivity contribution in [1.82, 2.24) is 15.6 Å². The van der Waals surface area contributed by atoms with Crippen LogP contribution in [0.1, 0.15) is 37.6 Å². The standard InChI is InChI=1S/C15H23N3O/c1-3-7-15(8-9-16-11-15)14(19)17-10-13-6-4-5-12(2)18-13/h4-6,16H,3,7-11H2,1-2H3,(H,17,19). The Labute approximate surface area is 115 Å². The Kier molecular flexibility index (Phi) is 4.53. The Bertz CT molecular complexity index is 439. The number of aryl methyl sites for hydroxylation is 1. The van der Waals surface area contributed by atoms with Gasteiger partial charge in [-0.3, -0.25) is 9.78 Å². The highest BCUT2D eigenvalue weighted by Crippen LogP contribution is 2.31. The van der Waals surface area contributed by atoms with Crippen molar-refractivity contribution >= 4 is 5.91 Å². The third kappa shape index (κ3) is 3.32. The molecule has 1 unspecified atom stereocenters. The highest BCUT2D eigenvalue weighted by Gasteiger charge is 2.39. The number of nitrogens with one attached hydrogen (secondary N) is 2. The summed E-state index contributed by atoms with van der Waals surface area (Å²) in [5.41, 5.74) is 1.70. The first kappa shape index (κ1) is 14.0. The van der Waals surface area contributed by atoms with E-state index in [1.807, 2.05) is 25.1 Å². The van der Waals surface area contributed by atoms with Crippen LogP contribution in [0.2, 0.25) is 0 Å². The summed E-state index contributed by atoms with van der Waals surface area (Å²) in [7, 11) is 0. The van der Waals surface area contributed by atoms with Gasteiger partial charge in [0.05, 0.1) is 17.7 Å². The third-order valence-electron chi connectivity index (χ3n) is 3.83. The van der Waals surface area contributed by atoms with Crippen LogP contribution >= 0.6 is 0 Å². The normalized spacial score (nSPS) is 22.4. The molecule has 4 nitrogen and oxygen atoms in total. The molecule has 0 radical (unpaired) electrons. The summed E-state index contributed by atoms with van der Waals surface area (Å²) in [6.07, 6.45) is 2.93. The Balaban J connectivity index is 1.96. The summed E-state index contributed by atoms with van der Waals surface area (Å²) in [6.45, 7) is 6.36. The monoisotopic (exact) mass is 261 g/mol. The summed E-state index contributed by atoms with van der Waals surface area (Å²) >= 11 is 0. The maximum Gasteiger partial charge on any atom is 0.227 e. The molecule has 0 bridgehead atoms. The second-order valence-corrected chi connectivity index (χ2v) is 5.41. The Morgan fingerprint density at radius 2 is 2.37 bits per heavy atom. The molecule has 1 aromatic rings. The van der Waals surface area contributed by atoms with Gasteiger partial charge in [0.25, 0.3) is 0 Å². The number of carbonyl (C=O) groups is 1. The van der Waals surface area contributed by atoms with Gasteiger partial charge < -0.3 is 10.6 Å². The van der Waals surface area contributed by atoms with E-state index in [0.29, 0.717) is 6.54 Å². The SMILES string of the molecule is CCCC1(C(=O)NCc2cccc(C)n2)CCNC1. The molecular weight excluding hydrogens is 238 g/mol. The molecule has 0 spiro atoms. The quantitative estimate of drug-likeness (QED) is 0.849. The van der Waals surface area contributed by atoms with Gasteiger partial charge in [-0.2, -0.15) is 0 Å². The zero-order chi connectivity index (χ0) is 13.7. The van der Waals surface area contributed by atoms with E-state index in [1.54, 1.807) is 0 Å². The van der Waals surface area contributed by atoms with Gasteiger partial charge in [-0.05, 0) is 38.4 Å². The first-order valence-electron chi connectivity index (χ1n) is 7.08. The molecule has 1 atom stereocenters. The van der Waals surface area contributed by atoms with E-state index in [9.17, 15) is 4.79 Å². The maximum atomic E-state index is 12.4. The van der Waals surface area contributed by atoms with Crippen molar-refractivity contribution in [2.45, 2.75) is 39.7 Å². The number of nitrogens with zero attached hydrogens (tertiary/aromatic N) is 1. The highest BCUT2D eigenvalue weighted by molar-refractivity contribution is 5.83. The van der Waals surface area contributed by atoms with E-state index in [2.05, 4.69) is 22.5 Å². The van der Waals surface area contributed by atoms with Crippen LogP contribution in [0.3, 0.4) is 0 Å². The minimum absolute atomic E-state index is 0.169. The van der Waals surface area contributed by atoms with Gasteiger partial charge in [-0.15, -0.1) is 0 Å². The number of hydrogen-bond acceptors (Lipinski definition) is 3. The molecule has 1 fully saturated rings. The van der Waals surface area contributed by atoms with Crippen molar-refractivity contribution in [3.8, 4) is 0 Å². The van der Waals surface area contributed by atoms with Gasteiger partial charge in [0.2, 0.25) is 5.91 Å². The van der Waals surface area contributed by atoms with E-state index >= 15 is 0 Å². The largest absolute Gasteiger partial charge is 0.350 e. The molecule has 104 valence electrons. The lowest BCUT2D eigenvalue weighted by Crippen LogP contribution is -2.42. The topological polar surface area (TPSA) is 54.0 Å². The van der Waals surface area contributed by atoms with E-state index in [-0.39, 0.29) is 11.3 Å². The molecule has 1 aliphatic heterocycles. The fourth-order valence-corrected chi connectivity index (χ4v) is 2.80. The van der Waals surface area contributed by atoms with Gasteiger partial charge in [-0.1, -0.05) is 19.4 Å². The molecule has 1 saturated heterocycles. The van der Waals surface area contributed by atoms with Gasteiger partial charge in [0.1, 0.15) is 0 Å². The average molecular weight is 261 g/mol. The zero-order valence-corrected chi connectivity index (χ0v) is 11.8. The summed E-state index contributed by atoms with van der Waals surface area (Å²) in [5, 5.41) is 6.36. The van der Waals surface area contributed by atoms with Crippen LogP contribution in [-0.4, -0.2) is 24.0 Å². The van der Waals surface area contributed by atoms with Gasteiger partial charge in [0.15, 0.2) is 0 Å². The van der Waals surface area contributed by atoms with Crippen molar-refractivity contribution in [1.29, 1.82) is 0 Å². The van der Waals surface area contributed by atoms with Crippen LogP contribution in [-0.2, 0) is 11.3 Å². The second-order valence-electron chi connectivity index (χ2n) is 5.41. The molecule has 2 rings (SSSR count). The highest BCUT2D eigenvalue weighted by atomic mass is 16.2. The van der Waals surface area contributed by atoms with E-state index in [1.165, 1.54) is 0 Å². The molecule has 1 aromatic heterocycles. The molecule has 4 heteroatoms. The fourth-order valence-electron chi connectivity index (χ4n) is 2.80. The number of pyridine rings is 1. The maximum absolute atomic E-state index is 12.4. The zero-order valence-electron chi connectivity index (χ0n) is 11.8. The van der Waals surface area contributed by atoms with Crippen LogP contribution in [0.25, 0.3) is 0 Å². The Morgan fingerprint density at radius 1 is 1.53 bits per heavy atom. The van der Waals surface area contributed by atoms with E-state index in [0.717, 1.165) is 43.7 Å². The molecule has 1 amide bonds. The molecular formula is C15H23N3O. The second kappa shape index (κ2) is 6.15. The summed E-state index contributed by atoms with van der Waals surface area (Å²) in [4.78, 5) is 16.8. The fraction of sp³-hybridized carbons (Fsp3) is 0.600. The first-order valence-corrected chi connectivity index (χ1v) is 7.08. The number of amides is 1. The summed E-state index contributed by atoms with van der Waals surface area (Å²) in [5.74, 6) is 0.169. The lowest BCUT2D eigenvalue weighted by molar-refractivity contribution is -0.130. The van der Waals surface area contributed by atoms with Crippen LogP contribution in [0, 0.1) is 12.3 Å². The smallest absolute Gasteiger partial charge is 0.227 e. The van der Waals surface area contributed by atoms with E-state index in [4.69, 9.17) is 0 Å². The predicted molar refractivity (Wildman–Crippen MR) is 75.6 cm³/mol. The lowest BCUT2D eigenvalue weighted by Gasteiger charge is -2.26. The van der Waals surface area contributed by atoms with E-state index < -0.39 is 0 Å². The molecule has 19 heavy (non-hydrogen) atoms. The average Bonchev–Trinajstić information content (AvgIpc) is 2.86. The number of aromatic nitrogens is 1. The van der Waals surface area contributed by atoms with Crippen LogP contribution in [0.15, 0.2) is 18.2 Å². The molecule has 0 aliphatic carbocycles. The van der Waals surface area contributed by atoms with Crippen LogP contribution in [0.4, 0.5) is 0 Å². The molecule has 0 saturated carbocycles. The summed E-state index contributed by atoms with van der Waals surface area (Å²) < 4.78 is 0. The third-order valence-corrected chi connectivity index (χ3v) is 3.83. The Morgan fingerprint density at radius 3 is 3.00 bits per heavy atom. The molecule has 2 N–H and O–H groups in total. The van der Waals surface area contributed by atoms with Crippen LogP contribution in [0.5, 0.6) is 0 Å². The number of hydrogen-bond donors (Lipinski definition) is 2. The number of rotatable bonds is 5. The van der Waals surface area contributed by atoms with Gasteiger partial charge in [0, 0.05) is 12.2 Å². The van der Waals surface area contributed by atoms with Crippen molar-refractivity contribution in [3.63, 3.8) is 0 Å².